The normalized spacial score (nSPS) is 18.2. The number of carbonyl (C=O) groups excluding carboxylic acids is 5. The van der Waals surface area contributed by atoms with Gasteiger partial charge in [-0.3, -0.25) is 44.6 Å². The third kappa shape index (κ3) is 14.9. The number of H-pyrrole nitrogens is 1. The van der Waals surface area contributed by atoms with Crippen molar-refractivity contribution in [3.63, 3.8) is 0 Å². The highest BCUT2D eigenvalue weighted by Crippen LogP contribution is 2.43. The van der Waals surface area contributed by atoms with Gasteiger partial charge in [-0.2, -0.15) is 0 Å². The molecular formula is C62H71ClN10O10S2. The Morgan fingerprint density at radius 3 is 2.55 bits per heavy atom. The molecule has 448 valence electrons. The summed E-state index contributed by atoms with van der Waals surface area (Å²) in [5.41, 5.74) is 5.96. The largest absolute Gasteiger partial charge is 0.455 e. The monoisotopic (exact) mass is 1210 g/mol. The van der Waals surface area contributed by atoms with Gasteiger partial charge in [0.2, 0.25) is 11.8 Å². The summed E-state index contributed by atoms with van der Waals surface area (Å²) in [6, 6.07) is 24.4. The molecule has 6 aromatic rings. The van der Waals surface area contributed by atoms with Crippen molar-refractivity contribution in [3.8, 4) is 11.5 Å². The SMILES string of the molecule is CC1(C)CCC(CNCCNc2ccc(C(=O)NS(=O)(=O)c3ccc(NCC4CCCN(CCCCCCSc5cccc6c5C(=O)N(C5CCC(=O)NC5=O)C6=O)C4)c(N(O)O)c3)c(Oc3cnc4[nH]ccc4c3)c2)=C(c2ccc(Cl)cc2)C1. The highest BCUT2D eigenvalue weighted by Gasteiger charge is 2.45. The van der Waals surface area contributed by atoms with Gasteiger partial charge >= 0.3 is 0 Å². The molecule has 0 bridgehead atoms. The van der Waals surface area contributed by atoms with Gasteiger partial charge in [0.1, 0.15) is 28.9 Å². The summed E-state index contributed by atoms with van der Waals surface area (Å²) < 4.78 is 36.3. The van der Waals surface area contributed by atoms with Crippen LogP contribution in [0.25, 0.3) is 16.6 Å². The molecule has 1 aliphatic carbocycles. The number of hydrogen-bond donors (Lipinski definition) is 8. The number of carbonyl (C=O) groups is 5. The average Bonchev–Trinajstić information content (AvgIpc) is 3.61. The third-order valence-corrected chi connectivity index (χ3v) is 18.9. The molecule has 2 unspecified atom stereocenters. The summed E-state index contributed by atoms with van der Waals surface area (Å²) >= 11 is 7.74. The summed E-state index contributed by atoms with van der Waals surface area (Å²) in [7, 11) is -4.58. The number of hydrogen-bond acceptors (Lipinski definition) is 17. The number of benzene rings is 4. The molecule has 4 aromatic carbocycles. The van der Waals surface area contributed by atoms with Gasteiger partial charge in [-0.05, 0) is 159 Å². The number of halogens is 1. The minimum Gasteiger partial charge on any atom is -0.455 e. The molecule has 2 fully saturated rings. The van der Waals surface area contributed by atoms with E-state index in [9.17, 15) is 42.8 Å². The van der Waals surface area contributed by atoms with Crippen LogP contribution in [0.2, 0.25) is 5.02 Å². The fourth-order valence-electron chi connectivity index (χ4n) is 11.6. The number of rotatable bonds is 25. The number of aromatic nitrogens is 2. The zero-order valence-electron chi connectivity index (χ0n) is 47.5. The van der Waals surface area contributed by atoms with Crippen LogP contribution in [0, 0.1) is 11.3 Å². The molecule has 0 saturated carbocycles. The summed E-state index contributed by atoms with van der Waals surface area (Å²) in [5, 5.41) is 34.5. The lowest BCUT2D eigenvalue weighted by molar-refractivity contribution is -0.136. The molecule has 10 rings (SSSR count). The van der Waals surface area contributed by atoms with Crippen molar-refractivity contribution in [2.24, 2.45) is 11.3 Å². The van der Waals surface area contributed by atoms with Crippen LogP contribution in [0.15, 0.2) is 119 Å². The van der Waals surface area contributed by atoms with Crippen molar-refractivity contribution >= 4 is 96.6 Å². The molecule has 4 aliphatic rings. The Morgan fingerprint density at radius 1 is 0.918 bits per heavy atom. The Bertz CT molecular complexity index is 3630. The first-order valence-electron chi connectivity index (χ1n) is 28.9. The van der Waals surface area contributed by atoms with Crippen molar-refractivity contribution in [2.75, 3.05) is 67.4 Å². The molecule has 0 radical (unpaired) electrons. The maximum absolute atomic E-state index is 14.0. The number of amides is 5. The molecule has 5 heterocycles. The van der Waals surface area contributed by atoms with Crippen LogP contribution in [0.1, 0.15) is 121 Å². The quantitative estimate of drug-likeness (QED) is 0.0115. The van der Waals surface area contributed by atoms with Gasteiger partial charge in [0, 0.05) is 72.4 Å². The lowest BCUT2D eigenvalue weighted by atomic mass is 9.72. The number of pyridine rings is 1. The number of likely N-dealkylation sites (tertiary alicyclic amines) is 1. The molecule has 85 heavy (non-hydrogen) atoms. The van der Waals surface area contributed by atoms with Crippen LogP contribution < -0.4 is 36.0 Å². The number of thioether (sulfide) groups is 1. The van der Waals surface area contributed by atoms with E-state index in [1.165, 1.54) is 52.9 Å². The van der Waals surface area contributed by atoms with E-state index in [1.807, 2.05) is 24.3 Å². The minimum absolute atomic E-state index is 0.0624. The van der Waals surface area contributed by atoms with Crippen LogP contribution in [-0.4, -0.2) is 126 Å². The molecule has 20 nitrogen and oxygen atoms in total. The van der Waals surface area contributed by atoms with Gasteiger partial charge in [0.25, 0.3) is 27.7 Å². The lowest BCUT2D eigenvalue weighted by Crippen LogP contribution is -2.54. The fourth-order valence-corrected chi connectivity index (χ4v) is 13.8. The Labute approximate surface area is 503 Å². The Hall–Kier alpha value is -7.31. The van der Waals surface area contributed by atoms with Crippen LogP contribution in [0.5, 0.6) is 11.5 Å². The zero-order valence-corrected chi connectivity index (χ0v) is 49.9. The van der Waals surface area contributed by atoms with Crippen molar-refractivity contribution < 1.29 is 47.5 Å². The van der Waals surface area contributed by atoms with E-state index in [4.69, 9.17) is 16.3 Å². The van der Waals surface area contributed by atoms with E-state index in [1.54, 1.807) is 36.5 Å². The zero-order chi connectivity index (χ0) is 59.8. The number of unbranched alkanes of at least 4 members (excludes halogenated alkanes) is 3. The molecule has 8 N–H and O–H groups in total. The molecule has 5 amide bonds. The maximum Gasteiger partial charge on any atom is 0.268 e. The van der Waals surface area contributed by atoms with E-state index in [0.29, 0.717) is 52.2 Å². The fraction of sp³-hybridized carbons (Fsp3) is 0.387. The first kappa shape index (κ1) is 60.8. The summed E-state index contributed by atoms with van der Waals surface area (Å²) in [6.45, 7) is 9.66. The van der Waals surface area contributed by atoms with Crippen LogP contribution in [0.4, 0.5) is 17.1 Å². The first-order chi connectivity index (χ1) is 40.9. The van der Waals surface area contributed by atoms with Gasteiger partial charge in [0.05, 0.1) is 33.5 Å². The molecule has 3 aliphatic heterocycles. The van der Waals surface area contributed by atoms with E-state index in [0.717, 1.165) is 106 Å². The molecule has 23 heteroatoms. The highest BCUT2D eigenvalue weighted by atomic mass is 35.5. The number of anilines is 3. The number of allylic oxidation sites excluding steroid dienone is 1. The van der Waals surface area contributed by atoms with Crippen LogP contribution >= 0.6 is 23.4 Å². The predicted octanol–water partition coefficient (Wildman–Crippen LogP) is 10.3. The number of imide groups is 2. The number of ether oxygens (including phenoxy) is 1. The standard InChI is InChI=1S/C62H71ClN10O10S2/c1-62(2)24-22-42(49(34-62)40-12-14-43(63)15-13-40)36-64-26-27-65-44-16-18-47(53(32-44)83-45-31-41-23-25-66-57(41)68-37-45)58(75)70-85(81,82)46-17-19-50(52(33-46)73(79)80)67-35-39-9-8-29-71(38-39)28-5-3-4-6-30-84-54-11-7-10-48-56(54)61(78)72(60(48)77)51-20-21-55(74)69-59(51)76/h7,10-19,23,25,31-33,37,39,51,64-65,67,79-80H,3-6,8-9,20-22,24,26-30,34-36,38H2,1-2H3,(H,66,68)(H,70,75)(H,69,74,76). The van der Waals surface area contributed by atoms with Gasteiger partial charge in [-0.1, -0.05) is 62.1 Å². The predicted molar refractivity (Wildman–Crippen MR) is 327 cm³/mol. The Balaban J connectivity index is 0.705. The number of fused-ring (bicyclic) bond motifs is 2. The Morgan fingerprint density at radius 2 is 1.74 bits per heavy atom. The average molecular weight is 1220 g/mol. The highest BCUT2D eigenvalue weighted by molar-refractivity contribution is 7.99. The molecular weight excluding hydrogens is 1140 g/mol. The molecule has 2 aromatic heterocycles. The second-order valence-electron chi connectivity index (χ2n) is 22.9. The van der Waals surface area contributed by atoms with E-state index < -0.39 is 45.6 Å². The summed E-state index contributed by atoms with van der Waals surface area (Å²) in [5.74, 6) is -1.67. The number of nitrogens with zero attached hydrogens (tertiary/aromatic N) is 4. The Kier molecular flexibility index (Phi) is 19.3. The van der Waals surface area contributed by atoms with Crippen molar-refractivity contribution in [3.05, 3.63) is 136 Å². The van der Waals surface area contributed by atoms with Gasteiger partial charge in [-0.15, -0.1) is 17.0 Å². The minimum atomic E-state index is -4.58. The number of nitrogens with one attached hydrogen (secondary N) is 6. The molecule has 0 spiro atoms. The van der Waals surface area contributed by atoms with Gasteiger partial charge in [-0.25, -0.2) is 18.1 Å². The smallest absolute Gasteiger partial charge is 0.268 e. The van der Waals surface area contributed by atoms with Crippen LogP contribution in [-0.2, 0) is 19.6 Å². The second-order valence-corrected chi connectivity index (χ2v) is 26.2. The van der Waals surface area contributed by atoms with Crippen LogP contribution in [0.3, 0.4) is 0 Å². The van der Waals surface area contributed by atoms with E-state index >= 15 is 0 Å². The van der Waals surface area contributed by atoms with Crippen molar-refractivity contribution in [1.29, 1.82) is 0 Å². The van der Waals surface area contributed by atoms with Crippen molar-refractivity contribution in [1.82, 2.24) is 35.1 Å². The van der Waals surface area contributed by atoms with Crippen molar-refractivity contribution in [2.45, 2.75) is 100 Å². The summed E-state index contributed by atoms with van der Waals surface area (Å²) in [4.78, 5) is 76.2. The van der Waals surface area contributed by atoms with Gasteiger partial charge < -0.3 is 30.6 Å². The number of piperidine rings is 2. The second kappa shape index (κ2) is 26.9. The molecule has 2 saturated heterocycles. The van der Waals surface area contributed by atoms with E-state index in [2.05, 4.69) is 66.8 Å². The van der Waals surface area contributed by atoms with E-state index in [-0.39, 0.29) is 62.5 Å². The summed E-state index contributed by atoms with van der Waals surface area (Å²) in [6.07, 6.45) is 12.3. The maximum atomic E-state index is 14.0. The number of aromatic amines is 1. The first-order valence-corrected chi connectivity index (χ1v) is 31.7. The lowest BCUT2D eigenvalue weighted by Gasteiger charge is -2.34. The van der Waals surface area contributed by atoms with Gasteiger partial charge in [0.15, 0.2) is 0 Å². The topological polar surface area (TPSA) is 268 Å². The number of sulfonamides is 1. The third-order valence-electron chi connectivity index (χ3n) is 16.1. The molecule has 2 atom stereocenters.